The van der Waals surface area contributed by atoms with Gasteiger partial charge in [0.1, 0.15) is 12.4 Å². The van der Waals surface area contributed by atoms with Crippen molar-refractivity contribution in [1.29, 1.82) is 0 Å². The maximum atomic E-state index is 11.6. The van der Waals surface area contributed by atoms with Gasteiger partial charge in [-0.3, -0.25) is 4.57 Å². The van der Waals surface area contributed by atoms with Gasteiger partial charge in [-0.05, 0) is 13.0 Å². The van der Waals surface area contributed by atoms with Crippen LogP contribution in [0.3, 0.4) is 0 Å². The number of aromatic nitrogens is 2. The largest absolute Gasteiger partial charge is 0.508 e. The van der Waals surface area contributed by atoms with Crippen LogP contribution < -0.4 is 11.4 Å². The number of hydrogen-bond acceptors (Lipinski definition) is 8. The Morgan fingerprint density at radius 2 is 2.40 bits per heavy atom. The van der Waals surface area contributed by atoms with Gasteiger partial charge < -0.3 is 24.7 Å². The van der Waals surface area contributed by atoms with Gasteiger partial charge in [0.05, 0.1) is 13.2 Å². The van der Waals surface area contributed by atoms with Gasteiger partial charge in [0.15, 0.2) is 12.5 Å². The molecule has 2 heterocycles. The summed E-state index contributed by atoms with van der Waals surface area (Å²) in [6.45, 7) is 1.91. The molecular weight excluding hydrogens is 270 g/mol. The minimum Gasteiger partial charge on any atom is -0.435 e. The first-order chi connectivity index (χ1) is 9.60. The van der Waals surface area contributed by atoms with Gasteiger partial charge in [-0.15, -0.1) is 0 Å². The van der Waals surface area contributed by atoms with Gasteiger partial charge in [0.2, 0.25) is 0 Å². The van der Waals surface area contributed by atoms with Crippen molar-refractivity contribution >= 4 is 12.0 Å². The van der Waals surface area contributed by atoms with Crippen LogP contribution in [0, 0.1) is 0 Å². The van der Waals surface area contributed by atoms with Crippen molar-refractivity contribution in [1.82, 2.24) is 9.55 Å². The molecule has 0 saturated carbocycles. The van der Waals surface area contributed by atoms with E-state index in [2.05, 4.69) is 9.72 Å². The normalized spacial score (nSPS) is 21.6. The molecule has 0 aliphatic carbocycles. The van der Waals surface area contributed by atoms with E-state index < -0.39 is 24.4 Å². The lowest BCUT2D eigenvalue weighted by molar-refractivity contribution is -0.108. The summed E-state index contributed by atoms with van der Waals surface area (Å²) in [5.41, 5.74) is 4.86. The van der Waals surface area contributed by atoms with Crippen LogP contribution in [0.2, 0.25) is 0 Å². The van der Waals surface area contributed by atoms with E-state index in [0.717, 1.165) is 0 Å². The van der Waals surface area contributed by atoms with Gasteiger partial charge in [-0.2, -0.15) is 4.98 Å². The van der Waals surface area contributed by atoms with Gasteiger partial charge in [0.25, 0.3) is 0 Å². The van der Waals surface area contributed by atoms with Crippen LogP contribution in [0.15, 0.2) is 17.1 Å². The number of nitrogen functional groups attached to an aromatic ring is 1. The minimum atomic E-state index is -0.797. The maximum absolute atomic E-state index is 11.6. The predicted molar refractivity (Wildman–Crippen MR) is 65.7 cm³/mol. The Labute approximate surface area is 114 Å². The summed E-state index contributed by atoms with van der Waals surface area (Å²) < 4.78 is 21.3. The highest BCUT2D eigenvalue weighted by Gasteiger charge is 2.29. The highest BCUT2D eigenvalue weighted by Crippen LogP contribution is 2.19. The van der Waals surface area contributed by atoms with Crippen LogP contribution in [-0.4, -0.2) is 41.8 Å². The van der Waals surface area contributed by atoms with E-state index in [4.69, 9.17) is 19.9 Å². The summed E-state index contributed by atoms with van der Waals surface area (Å²) in [5, 5.41) is 0. The van der Waals surface area contributed by atoms with Crippen LogP contribution >= 0.6 is 0 Å². The van der Waals surface area contributed by atoms with E-state index in [1.54, 1.807) is 6.92 Å². The Kier molecular flexibility index (Phi) is 4.53. The van der Waals surface area contributed by atoms with Crippen molar-refractivity contribution in [3.63, 3.8) is 0 Å². The number of anilines is 1. The molecule has 9 heteroatoms. The molecule has 1 aliphatic rings. The van der Waals surface area contributed by atoms with E-state index >= 15 is 0 Å². The van der Waals surface area contributed by atoms with Crippen molar-refractivity contribution in [2.24, 2.45) is 0 Å². The van der Waals surface area contributed by atoms with Gasteiger partial charge >= 0.3 is 11.8 Å². The molecule has 2 atom stereocenters. The van der Waals surface area contributed by atoms with Crippen molar-refractivity contribution < 1.29 is 23.7 Å². The monoisotopic (exact) mass is 285 g/mol. The highest BCUT2D eigenvalue weighted by molar-refractivity contribution is 5.59. The second-order valence-electron chi connectivity index (χ2n) is 3.89. The molecule has 2 N–H and O–H groups in total. The number of nitrogens with zero attached hydrogens (tertiary/aromatic N) is 2. The zero-order valence-electron chi connectivity index (χ0n) is 10.9. The number of hydrogen-bond donors (Lipinski definition) is 1. The Balaban J connectivity index is 1.89. The molecule has 1 aromatic rings. The fourth-order valence-corrected chi connectivity index (χ4v) is 1.62. The average Bonchev–Trinajstić information content (AvgIpc) is 2.85. The summed E-state index contributed by atoms with van der Waals surface area (Å²) in [7, 11) is 0. The van der Waals surface area contributed by atoms with Gasteiger partial charge in [-0.25, -0.2) is 9.59 Å². The number of ether oxygens (including phenoxy) is 4. The summed E-state index contributed by atoms with van der Waals surface area (Å²) in [4.78, 5) is 26.2. The molecule has 1 saturated heterocycles. The predicted octanol–water partition coefficient (Wildman–Crippen LogP) is -0.130. The maximum Gasteiger partial charge on any atom is 0.508 e. The second kappa shape index (κ2) is 6.35. The average molecular weight is 285 g/mol. The first kappa shape index (κ1) is 14.3. The molecule has 0 spiro atoms. The molecule has 0 aromatic carbocycles. The third-order valence-electron chi connectivity index (χ3n) is 2.49. The number of rotatable bonds is 4. The van der Waals surface area contributed by atoms with Crippen molar-refractivity contribution in [3.8, 4) is 0 Å². The van der Waals surface area contributed by atoms with Gasteiger partial charge in [0, 0.05) is 6.20 Å². The van der Waals surface area contributed by atoms with Crippen LogP contribution in [0.1, 0.15) is 13.2 Å². The van der Waals surface area contributed by atoms with E-state index in [-0.39, 0.29) is 25.6 Å². The number of carbonyl (C=O) groups is 1. The molecule has 1 aliphatic heterocycles. The van der Waals surface area contributed by atoms with Crippen LogP contribution in [0.25, 0.3) is 0 Å². The number of nitrogens with two attached hydrogens (primary N) is 1. The van der Waals surface area contributed by atoms with E-state index in [0.29, 0.717) is 0 Å². The lowest BCUT2D eigenvalue weighted by Gasteiger charge is -2.13. The summed E-state index contributed by atoms with van der Waals surface area (Å²) >= 11 is 0. The fourth-order valence-electron chi connectivity index (χ4n) is 1.62. The Hall–Kier alpha value is -2.13. The quantitative estimate of drug-likeness (QED) is 0.761. The van der Waals surface area contributed by atoms with Crippen LogP contribution in [0.5, 0.6) is 0 Å². The number of carbonyl (C=O) groups excluding carboxylic acids is 1. The second-order valence-corrected chi connectivity index (χ2v) is 3.89. The SMILES string of the molecule is CCOC(=O)OCC1OCC(n2ccc(N)nc2=O)O1. The molecule has 1 fully saturated rings. The molecule has 110 valence electrons. The third-order valence-corrected chi connectivity index (χ3v) is 2.49. The molecule has 0 radical (unpaired) electrons. The third kappa shape index (κ3) is 3.45. The zero-order valence-corrected chi connectivity index (χ0v) is 10.9. The smallest absolute Gasteiger partial charge is 0.435 e. The Morgan fingerprint density at radius 3 is 3.10 bits per heavy atom. The van der Waals surface area contributed by atoms with Gasteiger partial charge in [-0.1, -0.05) is 0 Å². The molecule has 20 heavy (non-hydrogen) atoms. The van der Waals surface area contributed by atoms with E-state index in [1.165, 1.54) is 16.8 Å². The molecular formula is C11H15N3O6. The highest BCUT2D eigenvalue weighted by atomic mass is 16.8. The molecule has 0 bridgehead atoms. The molecule has 1 aromatic heterocycles. The topological polar surface area (TPSA) is 115 Å². The molecule has 0 amide bonds. The fraction of sp³-hybridized carbons (Fsp3) is 0.545. The van der Waals surface area contributed by atoms with Crippen molar-refractivity contribution in [2.45, 2.75) is 19.4 Å². The minimum absolute atomic E-state index is 0.119. The Morgan fingerprint density at radius 1 is 1.60 bits per heavy atom. The first-order valence-corrected chi connectivity index (χ1v) is 6.01. The standard InChI is InChI=1S/C11H15N3O6/c1-2-17-11(16)19-6-9-18-5-8(20-9)14-4-3-7(12)13-10(14)15/h3-4,8-9H,2,5-6H2,1H3,(H2,12,13,15). The first-order valence-electron chi connectivity index (χ1n) is 6.01. The lowest BCUT2D eigenvalue weighted by atomic mass is 10.5. The molecule has 2 unspecified atom stereocenters. The van der Waals surface area contributed by atoms with E-state index in [9.17, 15) is 9.59 Å². The van der Waals surface area contributed by atoms with Crippen LogP contribution in [-0.2, 0) is 18.9 Å². The summed E-state index contributed by atoms with van der Waals surface area (Å²) in [6.07, 6.45) is -0.720. The van der Waals surface area contributed by atoms with Crippen LogP contribution in [0.4, 0.5) is 10.6 Å². The molecule has 9 nitrogen and oxygen atoms in total. The van der Waals surface area contributed by atoms with E-state index in [1.807, 2.05) is 0 Å². The lowest BCUT2D eigenvalue weighted by Crippen LogP contribution is -2.29. The molecule has 2 rings (SSSR count). The Bertz CT molecular complexity index is 531. The summed E-state index contributed by atoms with van der Waals surface area (Å²) in [5.74, 6) is 0.132. The summed E-state index contributed by atoms with van der Waals surface area (Å²) in [6, 6.07) is 1.48. The van der Waals surface area contributed by atoms with Crippen molar-refractivity contribution in [3.05, 3.63) is 22.7 Å². The van der Waals surface area contributed by atoms with Crippen molar-refractivity contribution in [2.75, 3.05) is 25.6 Å². The zero-order chi connectivity index (χ0) is 14.5.